The van der Waals surface area contributed by atoms with Gasteiger partial charge in [0, 0.05) is 48.8 Å². The molecule has 0 aliphatic rings. The molecule has 0 amide bonds. The lowest BCUT2D eigenvalue weighted by molar-refractivity contribution is 0.414. The molecule has 8 nitrogen and oxygen atoms in total. The van der Waals surface area contributed by atoms with Crippen LogP contribution in [0.25, 0.3) is 11.3 Å². The Balaban J connectivity index is 1.67. The Morgan fingerprint density at radius 3 is 2.47 bits per heavy atom. The van der Waals surface area contributed by atoms with Crippen LogP contribution in [-0.4, -0.2) is 41.4 Å². The number of nitrogens with zero attached hydrogens (tertiary/aromatic N) is 4. The number of methoxy groups -OCH3 is 1. The van der Waals surface area contributed by atoms with Crippen molar-refractivity contribution in [3.63, 3.8) is 0 Å². The smallest absolute Gasteiger partial charge is 0.243 e. The maximum absolute atomic E-state index is 13.4. The van der Waals surface area contributed by atoms with Gasteiger partial charge in [-0.15, -0.1) is 0 Å². The quantitative estimate of drug-likeness (QED) is 0.344. The molecule has 2 heterocycles. The summed E-state index contributed by atoms with van der Waals surface area (Å²) in [7, 11) is 1.27. The van der Waals surface area contributed by atoms with Gasteiger partial charge in [-0.3, -0.25) is 0 Å². The van der Waals surface area contributed by atoms with Crippen LogP contribution >= 0.6 is 15.9 Å². The molecule has 1 N–H and O–H groups in total. The molecule has 0 saturated carbocycles. The van der Waals surface area contributed by atoms with E-state index in [9.17, 15) is 8.42 Å². The molecule has 0 atom stereocenters. The van der Waals surface area contributed by atoms with Crippen molar-refractivity contribution in [1.29, 1.82) is 0 Å². The monoisotopic (exact) mass is 541 g/mol. The maximum atomic E-state index is 13.4. The molecule has 10 heteroatoms. The molecule has 0 radical (unpaired) electrons. The SMILES string of the molecule is COc1ccc(CN(C)S(=O)(=O)c2ccc(Nc3ccc(Br)cn3)c(-c3cn(C)cn3)c2)cc1. The van der Waals surface area contributed by atoms with Gasteiger partial charge in [0.05, 0.1) is 24.0 Å². The highest BCUT2D eigenvalue weighted by Crippen LogP contribution is 2.32. The Kier molecular flexibility index (Phi) is 7.01. The predicted octanol–water partition coefficient (Wildman–Crippen LogP) is 4.82. The number of hydrogen-bond acceptors (Lipinski definition) is 6. The number of imidazole rings is 1. The van der Waals surface area contributed by atoms with Gasteiger partial charge in [-0.25, -0.2) is 18.4 Å². The van der Waals surface area contributed by atoms with Crippen LogP contribution < -0.4 is 10.1 Å². The number of pyridine rings is 1. The van der Waals surface area contributed by atoms with Gasteiger partial charge >= 0.3 is 0 Å². The molecule has 0 unspecified atom stereocenters. The van der Waals surface area contributed by atoms with Gasteiger partial charge in [0.15, 0.2) is 0 Å². The van der Waals surface area contributed by atoms with E-state index in [4.69, 9.17) is 4.74 Å². The minimum atomic E-state index is -3.75. The summed E-state index contributed by atoms with van der Waals surface area (Å²) < 4.78 is 36.0. The lowest BCUT2D eigenvalue weighted by Gasteiger charge is -2.19. The summed E-state index contributed by atoms with van der Waals surface area (Å²) in [6.45, 7) is 0.230. The lowest BCUT2D eigenvalue weighted by atomic mass is 10.1. The molecular weight excluding hydrogens is 518 g/mol. The van der Waals surface area contributed by atoms with E-state index in [-0.39, 0.29) is 11.4 Å². The van der Waals surface area contributed by atoms with Crippen molar-refractivity contribution < 1.29 is 13.2 Å². The second kappa shape index (κ2) is 9.96. The van der Waals surface area contributed by atoms with E-state index in [0.717, 1.165) is 15.8 Å². The normalized spacial score (nSPS) is 11.6. The zero-order chi connectivity index (χ0) is 24.3. The van der Waals surface area contributed by atoms with Gasteiger partial charge in [-0.05, 0) is 64.0 Å². The number of rotatable bonds is 8. The first-order valence-electron chi connectivity index (χ1n) is 10.4. The van der Waals surface area contributed by atoms with E-state index in [2.05, 4.69) is 31.2 Å². The molecule has 4 aromatic rings. The number of halogens is 1. The van der Waals surface area contributed by atoms with Gasteiger partial charge in [0.2, 0.25) is 10.0 Å². The van der Waals surface area contributed by atoms with Crippen molar-refractivity contribution in [2.45, 2.75) is 11.4 Å². The van der Waals surface area contributed by atoms with Gasteiger partial charge in [0.25, 0.3) is 0 Å². The zero-order valence-electron chi connectivity index (χ0n) is 18.9. The van der Waals surface area contributed by atoms with E-state index < -0.39 is 10.0 Å². The van der Waals surface area contributed by atoms with Crippen LogP contribution in [0.3, 0.4) is 0 Å². The lowest BCUT2D eigenvalue weighted by Crippen LogP contribution is -2.26. The molecule has 2 aromatic heterocycles. The maximum Gasteiger partial charge on any atom is 0.243 e. The van der Waals surface area contributed by atoms with Crippen molar-refractivity contribution in [2.24, 2.45) is 7.05 Å². The van der Waals surface area contributed by atoms with Gasteiger partial charge in [0.1, 0.15) is 11.6 Å². The first-order valence-corrected chi connectivity index (χ1v) is 12.6. The van der Waals surface area contributed by atoms with Crippen LogP contribution in [0, 0.1) is 0 Å². The molecule has 0 aliphatic carbocycles. The number of aryl methyl sites for hydroxylation is 1. The summed E-state index contributed by atoms with van der Waals surface area (Å²) in [4.78, 5) is 8.96. The van der Waals surface area contributed by atoms with Crippen molar-refractivity contribution in [3.8, 4) is 17.0 Å². The van der Waals surface area contributed by atoms with Crippen molar-refractivity contribution in [1.82, 2.24) is 18.8 Å². The average molecular weight is 542 g/mol. The Morgan fingerprint density at radius 1 is 1.09 bits per heavy atom. The third kappa shape index (κ3) is 5.30. The summed E-state index contributed by atoms with van der Waals surface area (Å²) in [5.74, 6) is 1.35. The van der Waals surface area contributed by atoms with Crippen LogP contribution in [0.1, 0.15) is 5.56 Å². The van der Waals surface area contributed by atoms with Crippen LogP contribution in [-0.2, 0) is 23.6 Å². The Morgan fingerprint density at radius 2 is 1.85 bits per heavy atom. The fraction of sp³-hybridized carbons (Fsp3) is 0.167. The molecule has 0 saturated heterocycles. The first kappa shape index (κ1) is 23.9. The number of nitrogens with one attached hydrogen (secondary N) is 1. The molecular formula is C24H24BrN5O3S. The molecule has 0 bridgehead atoms. The van der Waals surface area contributed by atoms with Gasteiger partial charge < -0.3 is 14.6 Å². The molecule has 0 aliphatic heterocycles. The highest BCUT2D eigenvalue weighted by molar-refractivity contribution is 9.10. The van der Waals surface area contributed by atoms with Crippen LogP contribution in [0.2, 0.25) is 0 Å². The molecule has 4 rings (SSSR count). The minimum absolute atomic E-state index is 0.179. The van der Waals surface area contributed by atoms with Crippen LogP contribution in [0.4, 0.5) is 11.5 Å². The Hall–Kier alpha value is -3.21. The van der Waals surface area contributed by atoms with Crippen LogP contribution in [0.15, 0.2) is 82.7 Å². The second-order valence-electron chi connectivity index (χ2n) is 7.73. The molecule has 2 aromatic carbocycles. The fourth-order valence-electron chi connectivity index (χ4n) is 3.40. The molecule has 176 valence electrons. The van der Waals surface area contributed by atoms with E-state index in [1.54, 1.807) is 44.9 Å². The van der Waals surface area contributed by atoms with Crippen molar-refractivity contribution in [3.05, 3.63) is 83.4 Å². The third-order valence-electron chi connectivity index (χ3n) is 5.23. The highest BCUT2D eigenvalue weighted by atomic mass is 79.9. The summed E-state index contributed by atoms with van der Waals surface area (Å²) >= 11 is 3.38. The van der Waals surface area contributed by atoms with E-state index in [1.807, 2.05) is 54.2 Å². The third-order valence-corrected chi connectivity index (χ3v) is 7.50. The van der Waals surface area contributed by atoms with Crippen LogP contribution in [0.5, 0.6) is 5.75 Å². The summed E-state index contributed by atoms with van der Waals surface area (Å²) in [5.41, 5.74) is 2.86. The van der Waals surface area contributed by atoms with E-state index in [1.165, 1.54) is 4.31 Å². The predicted molar refractivity (Wildman–Crippen MR) is 136 cm³/mol. The standard InChI is InChI=1S/C24H24BrN5O3S/c1-29-15-23(27-16-29)21-12-20(9-10-22(21)28-24-11-6-18(25)13-26-24)34(31,32)30(2)14-17-4-7-19(33-3)8-5-17/h4-13,15-16H,14H2,1-3H3,(H,26,28). The first-order chi connectivity index (χ1) is 16.3. The summed E-state index contributed by atoms with van der Waals surface area (Å²) in [6.07, 6.45) is 5.21. The number of ether oxygens (including phenoxy) is 1. The number of sulfonamides is 1. The zero-order valence-corrected chi connectivity index (χ0v) is 21.3. The number of aromatic nitrogens is 3. The number of anilines is 2. The van der Waals surface area contributed by atoms with Crippen molar-refractivity contribution in [2.75, 3.05) is 19.5 Å². The van der Waals surface area contributed by atoms with Gasteiger partial charge in [-0.1, -0.05) is 12.1 Å². The largest absolute Gasteiger partial charge is 0.497 e. The minimum Gasteiger partial charge on any atom is -0.497 e. The average Bonchev–Trinajstić information content (AvgIpc) is 3.27. The number of benzene rings is 2. The second-order valence-corrected chi connectivity index (χ2v) is 10.7. The number of hydrogen-bond donors (Lipinski definition) is 1. The fourth-order valence-corrected chi connectivity index (χ4v) is 4.82. The molecule has 34 heavy (non-hydrogen) atoms. The highest BCUT2D eigenvalue weighted by Gasteiger charge is 2.23. The molecule has 0 spiro atoms. The summed E-state index contributed by atoms with van der Waals surface area (Å²) in [5, 5.41) is 3.26. The Bertz CT molecular complexity index is 1390. The van der Waals surface area contributed by atoms with E-state index in [0.29, 0.717) is 22.8 Å². The topological polar surface area (TPSA) is 89.4 Å². The Labute approximate surface area is 207 Å². The van der Waals surface area contributed by atoms with Gasteiger partial charge in [-0.2, -0.15) is 4.31 Å². The van der Waals surface area contributed by atoms with E-state index >= 15 is 0 Å². The van der Waals surface area contributed by atoms with Crippen molar-refractivity contribution >= 4 is 37.5 Å². The molecule has 0 fully saturated rings. The summed E-state index contributed by atoms with van der Waals surface area (Å²) in [6, 6.07) is 16.0.